The van der Waals surface area contributed by atoms with Crippen LogP contribution < -0.4 is 15.2 Å². The molecule has 0 unspecified atom stereocenters. The number of imide groups is 1. The van der Waals surface area contributed by atoms with Crippen LogP contribution in [-0.4, -0.2) is 27.3 Å². The maximum atomic E-state index is 12.7. The summed E-state index contributed by atoms with van der Waals surface area (Å²) in [4.78, 5) is 42.5. The molecule has 29 heavy (non-hydrogen) atoms. The van der Waals surface area contributed by atoms with Crippen LogP contribution in [0.2, 0.25) is 0 Å². The van der Waals surface area contributed by atoms with Crippen molar-refractivity contribution >= 4 is 39.5 Å². The van der Waals surface area contributed by atoms with Crippen LogP contribution in [0.25, 0.3) is 10.9 Å². The number of hydrogen-bond acceptors (Lipinski definition) is 6. The first kappa shape index (κ1) is 18.9. The molecule has 4 rings (SSSR count). The number of anilines is 1. The third kappa shape index (κ3) is 3.54. The summed E-state index contributed by atoms with van der Waals surface area (Å²) in [6.45, 7) is 5.92. The fourth-order valence-corrected chi connectivity index (χ4v) is 3.80. The Morgan fingerprint density at radius 1 is 1.10 bits per heavy atom. The minimum absolute atomic E-state index is 0.116. The SMILES string of the molecule is C=C1SC(=O)N(c2cccc(OCCn3c(C)nc4ccccc4c3=O)c2)C1=O. The van der Waals surface area contributed by atoms with Gasteiger partial charge in [0.15, 0.2) is 0 Å². The second-order valence-corrected chi connectivity index (χ2v) is 7.46. The van der Waals surface area contributed by atoms with Crippen molar-refractivity contribution in [1.29, 1.82) is 0 Å². The lowest BCUT2D eigenvalue weighted by atomic mass is 10.2. The molecule has 1 aromatic heterocycles. The van der Waals surface area contributed by atoms with E-state index in [9.17, 15) is 14.4 Å². The molecule has 3 aromatic rings. The Kier molecular flexibility index (Phi) is 4.94. The normalized spacial score (nSPS) is 14.1. The number of rotatable bonds is 5. The van der Waals surface area contributed by atoms with E-state index < -0.39 is 5.91 Å². The van der Waals surface area contributed by atoms with Crippen molar-refractivity contribution in [3.63, 3.8) is 0 Å². The molecule has 2 heterocycles. The summed E-state index contributed by atoms with van der Waals surface area (Å²) in [6, 6.07) is 13.9. The zero-order chi connectivity index (χ0) is 20.5. The van der Waals surface area contributed by atoms with Crippen LogP contribution in [0.5, 0.6) is 5.75 Å². The molecule has 0 saturated carbocycles. The van der Waals surface area contributed by atoms with Crippen molar-refractivity contribution in [3.05, 3.63) is 76.2 Å². The van der Waals surface area contributed by atoms with Crippen molar-refractivity contribution in [3.8, 4) is 5.75 Å². The number of carbonyl (C=O) groups is 2. The van der Waals surface area contributed by atoms with Gasteiger partial charge in [0, 0.05) is 6.07 Å². The smallest absolute Gasteiger partial charge is 0.298 e. The van der Waals surface area contributed by atoms with Crippen molar-refractivity contribution in [1.82, 2.24) is 9.55 Å². The van der Waals surface area contributed by atoms with E-state index in [-0.39, 0.29) is 22.3 Å². The van der Waals surface area contributed by atoms with E-state index in [1.165, 1.54) is 0 Å². The topological polar surface area (TPSA) is 81.5 Å². The summed E-state index contributed by atoms with van der Waals surface area (Å²) >= 11 is 0.814. The van der Waals surface area contributed by atoms with Gasteiger partial charge in [-0.25, -0.2) is 9.88 Å². The van der Waals surface area contributed by atoms with Gasteiger partial charge in [0.25, 0.3) is 16.7 Å². The van der Waals surface area contributed by atoms with Crippen LogP contribution in [-0.2, 0) is 11.3 Å². The maximum absolute atomic E-state index is 12.7. The molecular formula is C21H17N3O4S. The molecule has 0 aliphatic carbocycles. The lowest BCUT2D eigenvalue weighted by Gasteiger charge is -2.15. The largest absolute Gasteiger partial charge is 0.492 e. The molecule has 0 atom stereocenters. The molecule has 2 amide bonds. The van der Waals surface area contributed by atoms with Crippen LogP contribution in [0.3, 0.4) is 0 Å². The van der Waals surface area contributed by atoms with Gasteiger partial charge in [0.05, 0.1) is 28.0 Å². The molecular weight excluding hydrogens is 390 g/mol. The number of aromatic nitrogens is 2. The summed E-state index contributed by atoms with van der Waals surface area (Å²) in [6.07, 6.45) is 0. The highest BCUT2D eigenvalue weighted by atomic mass is 32.2. The Morgan fingerprint density at radius 2 is 1.90 bits per heavy atom. The third-order valence-electron chi connectivity index (χ3n) is 4.55. The third-order valence-corrected chi connectivity index (χ3v) is 5.32. The first-order valence-electron chi connectivity index (χ1n) is 8.90. The van der Waals surface area contributed by atoms with E-state index in [2.05, 4.69) is 11.6 Å². The first-order valence-corrected chi connectivity index (χ1v) is 9.71. The fourth-order valence-electron chi connectivity index (χ4n) is 3.13. The number of amides is 2. The van der Waals surface area contributed by atoms with E-state index in [1.807, 2.05) is 12.1 Å². The Balaban J connectivity index is 1.50. The van der Waals surface area contributed by atoms with Crippen molar-refractivity contribution in [2.45, 2.75) is 13.5 Å². The summed E-state index contributed by atoms with van der Waals surface area (Å²) in [5.41, 5.74) is 0.970. The fraction of sp³-hybridized carbons (Fsp3) is 0.143. The standard InChI is InChI=1S/C21H17N3O4S/c1-13-19(25)24(21(27)29-13)15-6-5-7-16(12-15)28-11-10-23-14(2)22-18-9-4-3-8-17(18)20(23)26/h3-9,12H,1,10-11H2,2H3. The van der Waals surface area contributed by atoms with Gasteiger partial charge in [-0.1, -0.05) is 24.8 Å². The number of ether oxygens (including phenoxy) is 1. The highest BCUT2D eigenvalue weighted by Crippen LogP contribution is 2.34. The van der Waals surface area contributed by atoms with Gasteiger partial charge >= 0.3 is 0 Å². The van der Waals surface area contributed by atoms with E-state index in [4.69, 9.17) is 4.74 Å². The molecule has 7 nitrogen and oxygen atoms in total. The highest BCUT2D eigenvalue weighted by Gasteiger charge is 2.35. The summed E-state index contributed by atoms with van der Waals surface area (Å²) < 4.78 is 7.33. The van der Waals surface area contributed by atoms with Crippen LogP contribution in [0.15, 0.2) is 64.8 Å². The zero-order valence-corrected chi connectivity index (χ0v) is 16.4. The summed E-state index contributed by atoms with van der Waals surface area (Å²) in [5.74, 6) is 0.668. The van der Waals surface area contributed by atoms with Gasteiger partial charge in [0.2, 0.25) is 0 Å². The molecule has 8 heteroatoms. The van der Waals surface area contributed by atoms with Crippen molar-refractivity contribution in [2.75, 3.05) is 11.5 Å². The number of thioether (sulfide) groups is 1. The van der Waals surface area contributed by atoms with Gasteiger partial charge in [-0.05, 0) is 43.0 Å². The average Bonchev–Trinajstić information content (AvgIpc) is 2.96. The van der Waals surface area contributed by atoms with Gasteiger partial charge in [-0.2, -0.15) is 0 Å². The highest BCUT2D eigenvalue weighted by molar-refractivity contribution is 8.18. The molecule has 0 spiro atoms. The molecule has 146 valence electrons. The zero-order valence-electron chi connectivity index (χ0n) is 15.6. The molecule has 1 saturated heterocycles. The average molecular weight is 407 g/mol. The van der Waals surface area contributed by atoms with Crippen molar-refractivity contribution < 1.29 is 14.3 Å². The van der Waals surface area contributed by atoms with Gasteiger partial charge in [0.1, 0.15) is 18.2 Å². The second-order valence-electron chi connectivity index (χ2n) is 6.41. The molecule has 1 aliphatic rings. The quantitative estimate of drug-likeness (QED) is 0.602. The monoisotopic (exact) mass is 407 g/mol. The summed E-state index contributed by atoms with van der Waals surface area (Å²) in [7, 11) is 0. The van der Waals surface area contributed by atoms with E-state index in [0.29, 0.717) is 34.7 Å². The molecule has 1 aliphatic heterocycles. The van der Waals surface area contributed by atoms with Crippen molar-refractivity contribution in [2.24, 2.45) is 0 Å². The summed E-state index contributed by atoms with van der Waals surface area (Å²) in [5, 5.41) is 0.172. The lowest BCUT2D eigenvalue weighted by Crippen LogP contribution is -2.27. The van der Waals surface area contributed by atoms with Gasteiger partial charge in [-0.3, -0.25) is 19.0 Å². The minimum atomic E-state index is -0.429. The number of benzene rings is 2. The first-order chi connectivity index (χ1) is 14.0. The number of hydrogen-bond donors (Lipinski definition) is 0. The Hall–Kier alpha value is -3.39. The molecule has 1 fully saturated rings. The van der Waals surface area contributed by atoms with Crippen LogP contribution in [0.4, 0.5) is 10.5 Å². The molecule has 2 aromatic carbocycles. The Morgan fingerprint density at radius 3 is 2.66 bits per heavy atom. The molecule has 0 N–H and O–H groups in total. The van der Waals surface area contributed by atoms with Gasteiger partial charge in [-0.15, -0.1) is 0 Å². The molecule has 0 bridgehead atoms. The van der Waals surface area contributed by atoms with E-state index >= 15 is 0 Å². The predicted molar refractivity (Wildman–Crippen MR) is 112 cm³/mol. The Labute approximate surface area is 170 Å². The number of para-hydroxylation sites is 1. The molecule has 0 radical (unpaired) electrons. The van der Waals surface area contributed by atoms with Crippen LogP contribution in [0, 0.1) is 6.92 Å². The number of nitrogens with zero attached hydrogens (tertiary/aromatic N) is 3. The number of carbonyl (C=O) groups excluding carboxylic acids is 2. The minimum Gasteiger partial charge on any atom is -0.492 e. The Bertz CT molecular complexity index is 1220. The van der Waals surface area contributed by atoms with Crippen LogP contribution >= 0.6 is 11.8 Å². The van der Waals surface area contributed by atoms with E-state index in [1.54, 1.807) is 47.9 Å². The van der Waals surface area contributed by atoms with E-state index in [0.717, 1.165) is 16.7 Å². The lowest BCUT2D eigenvalue weighted by molar-refractivity contribution is -0.113. The van der Waals surface area contributed by atoms with Gasteiger partial charge < -0.3 is 4.74 Å². The number of fused-ring (bicyclic) bond motifs is 1. The van der Waals surface area contributed by atoms with Crippen LogP contribution in [0.1, 0.15) is 5.82 Å². The second kappa shape index (κ2) is 7.56. The maximum Gasteiger partial charge on any atom is 0.298 e. The predicted octanol–water partition coefficient (Wildman–Crippen LogP) is 3.50. The number of aryl methyl sites for hydroxylation is 1.